The number of carboxylic acids is 1. The van der Waals surface area contributed by atoms with Crippen molar-refractivity contribution < 1.29 is 19.7 Å². The largest absolute Gasteiger partial charge is 0.501 e. The van der Waals surface area contributed by atoms with E-state index in [4.69, 9.17) is 9.84 Å². The molecule has 4 aliphatic carbocycles. The minimum Gasteiger partial charge on any atom is -0.501 e. The Hall–Kier alpha value is -1.55. The molecule has 3 unspecified atom stereocenters. The van der Waals surface area contributed by atoms with Crippen LogP contribution >= 0.6 is 0 Å². The van der Waals surface area contributed by atoms with Gasteiger partial charge in [0.25, 0.3) is 0 Å². The monoisotopic (exact) mass is 360 g/mol. The normalized spacial score (nSPS) is 38.1. The Morgan fingerprint density at radius 3 is 2.65 bits per heavy atom. The Kier molecular flexibility index (Phi) is 5.61. The molecule has 2 N–H and O–H groups in total. The Balaban J connectivity index is 0.000000948. The number of hydrogen-bond donors (Lipinski definition) is 2. The van der Waals surface area contributed by atoms with E-state index < -0.39 is 5.97 Å². The summed E-state index contributed by atoms with van der Waals surface area (Å²) in [7, 11) is 2.75. The van der Waals surface area contributed by atoms with Gasteiger partial charge in [0.15, 0.2) is 0 Å². The average Bonchev–Trinajstić information content (AvgIpc) is 2.87. The van der Waals surface area contributed by atoms with Crippen LogP contribution in [-0.2, 0) is 9.53 Å². The fourth-order valence-electron chi connectivity index (χ4n) is 6.27. The fourth-order valence-corrected chi connectivity index (χ4v) is 6.27. The van der Waals surface area contributed by atoms with E-state index in [2.05, 4.69) is 25.2 Å². The standard InChI is InChI=1S/C21H28O3.CH4O/c1-21-12-11-16-15-8-6-14(24-2)5-3-13(15)4-7-17(16)18(21)9-10-19(21)20(22)23;1-2/h3,5,8,16-19H,4,6-7,9-12H2,1-2H3,(H,22,23);2H,1H3/t16?,17?,18?,19-,21+;/m1./s1. The fraction of sp³-hybridized carbons (Fsp3) is 0.682. The van der Waals surface area contributed by atoms with Crippen molar-refractivity contribution in [3.63, 3.8) is 0 Å². The molecule has 144 valence electrons. The highest BCUT2D eigenvalue weighted by atomic mass is 16.5. The highest BCUT2D eigenvalue weighted by molar-refractivity contribution is 5.71. The minimum absolute atomic E-state index is 0.00937. The van der Waals surface area contributed by atoms with Crippen LogP contribution in [0, 0.1) is 29.1 Å². The number of fused-ring (bicyclic) bond motifs is 5. The first-order chi connectivity index (χ1) is 12.5. The molecule has 0 aliphatic heterocycles. The Labute approximate surface area is 156 Å². The third-order valence-electron chi connectivity index (χ3n) is 7.51. The Bertz CT molecular complexity index is 645. The molecule has 0 aromatic carbocycles. The second-order valence-corrected chi connectivity index (χ2v) is 8.32. The topological polar surface area (TPSA) is 66.8 Å². The summed E-state index contributed by atoms with van der Waals surface area (Å²) >= 11 is 0. The van der Waals surface area contributed by atoms with E-state index in [1.165, 1.54) is 17.6 Å². The van der Waals surface area contributed by atoms with Crippen molar-refractivity contribution in [2.24, 2.45) is 29.1 Å². The van der Waals surface area contributed by atoms with Gasteiger partial charge in [-0.1, -0.05) is 19.1 Å². The first kappa shape index (κ1) is 19.2. The summed E-state index contributed by atoms with van der Waals surface area (Å²) in [5.41, 5.74) is 3.03. The van der Waals surface area contributed by atoms with Crippen LogP contribution in [0.1, 0.15) is 51.9 Å². The molecule has 0 aromatic heterocycles. The highest BCUT2D eigenvalue weighted by Crippen LogP contribution is 2.63. The minimum atomic E-state index is -0.572. The third kappa shape index (κ3) is 3.02. The summed E-state index contributed by atoms with van der Waals surface area (Å²) < 4.78 is 5.45. The summed E-state index contributed by atoms with van der Waals surface area (Å²) in [6.45, 7) is 2.26. The van der Waals surface area contributed by atoms with Gasteiger partial charge in [-0.3, -0.25) is 4.79 Å². The maximum atomic E-state index is 11.7. The molecule has 0 saturated heterocycles. The number of aliphatic hydroxyl groups excluding tert-OH is 1. The van der Waals surface area contributed by atoms with E-state index >= 15 is 0 Å². The van der Waals surface area contributed by atoms with Crippen molar-refractivity contribution in [1.29, 1.82) is 0 Å². The van der Waals surface area contributed by atoms with Gasteiger partial charge in [0.1, 0.15) is 0 Å². The number of ether oxygens (including phenoxy) is 1. The van der Waals surface area contributed by atoms with Gasteiger partial charge in [-0.05, 0) is 78.9 Å². The van der Waals surface area contributed by atoms with Crippen LogP contribution in [0.3, 0.4) is 0 Å². The number of allylic oxidation sites excluding steroid dienone is 5. The number of aliphatic hydroxyl groups is 1. The number of methoxy groups -OCH3 is 1. The zero-order chi connectivity index (χ0) is 18.9. The molecule has 0 bridgehead atoms. The molecule has 4 heteroatoms. The first-order valence-corrected chi connectivity index (χ1v) is 9.86. The van der Waals surface area contributed by atoms with Crippen LogP contribution in [0.2, 0.25) is 0 Å². The van der Waals surface area contributed by atoms with Gasteiger partial charge in [0, 0.05) is 13.5 Å². The number of hydrogen-bond acceptors (Lipinski definition) is 3. The van der Waals surface area contributed by atoms with Crippen molar-refractivity contribution in [3.05, 3.63) is 35.1 Å². The van der Waals surface area contributed by atoms with Gasteiger partial charge in [0.2, 0.25) is 0 Å². The maximum absolute atomic E-state index is 11.7. The molecular weight excluding hydrogens is 328 g/mol. The van der Waals surface area contributed by atoms with E-state index in [0.29, 0.717) is 17.8 Å². The molecule has 0 aromatic rings. The van der Waals surface area contributed by atoms with Crippen molar-refractivity contribution in [2.45, 2.75) is 51.9 Å². The molecule has 3 saturated carbocycles. The third-order valence-corrected chi connectivity index (χ3v) is 7.51. The van der Waals surface area contributed by atoms with Crippen LogP contribution in [0.15, 0.2) is 35.1 Å². The van der Waals surface area contributed by atoms with Gasteiger partial charge < -0.3 is 14.9 Å². The Morgan fingerprint density at radius 2 is 1.96 bits per heavy atom. The summed E-state index contributed by atoms with van der Waals surface area (Å²) in [6, 6.07) is 0. The highest BCUT2D eigenvalue weighted by Gasteiger charge is 2.57. The lowest BCUT2D eigenvalue weighted by molar-refractivity contribution is -0.147. The van der Waals surface area contributed by atoms with Crippen LogP contribution in [-0.4, -0.2) is 30.4 Å². The molecule has 26 heavy (non-hydrogen) atoms. The number of carboxylic acid groups (broad SMARTS) is 1. The zero-order valence-corrected chi connectivity index (χ0v) is 16.2. The van der Waals surface area contributed by atoms with Gasteiger partial charge in [-0.2, -0.15) is 0 Å². The average molecular weight is 360 g/mol. The van der Waals surface area contributed by atoms with Crippen molar-refractivity contribution in [3.8, 4) is 0 Å². The van der Waals surface area contributed by atoms with E-state index in [1.54, 1.807) is 7.11 Å². The molecule has 0 amide bonds. The molecule has 4 rings (SSSR count). The number of aliphatic carboxylic acids is 1. The van der Waals surface area contributed by atoms with Gasteiger partial charge in [-0.15, -0.1) is 0 Å². The molecule has 0 heterocycles. The first-order valence-electron chi connectivity index (χ1n) is 9.86. The van der Waals surface area contributed by atoms with Gasteiger partial charge in [-0.25, -0.2) is 0 Å². The lowest BCUT2D eigenvalue weighted by Crippen LogP contribution is -2.45. The second-order valence-electron chi connectivity index (χ2n) is 8.32. The molecule has 4 aliphatic rings. The number of carbonyl (C=O) groups is 1. The van der Waals surface area contributed by atoms with Crippen LogP contribution in [0.4, 0.5) is 0 Å². The van der Waals surface area contributed by atoms with E-state index in [-0.39, 0.29) is 11.3 Å². The van der Waals surface area contributed by atoms with Crippen molar-refractivity contribution in [1.82, 2.24) is 0 Å². The van der Waals surface area contributed by atoms with Crippen LogP contribution in [0.5, 0.6) is 0 Å². The predicted octanol–water partition coefficient (Wildman–Crippen LogP) is 4.32. The smallest absolute Gasteiger partial charge is 0.307 e. The van der Waals surface area contributed by atoms with Crippen molar-refractivity contribution in [2.75, 3.05) is 14.2 Å². The van der Waals surface area contributed by atoms with E-state index in [9.17, 15) is 9.90 Å². The summed E-state index contributed by atoms with van der Waals surface area (Å²) in [4.78, 5) is 11.7. The van der Waals surface area contributed by atoms with E-state index in [0.717, 1.165) is 51.4 Å². The van der Waals surface area contributed by atoms with E-state index in [1.807, 2.05) is 0 Å². The molecule has 0 spiro atoms. The summed E-state index contributed by atoms with van der Waals surface area (Å²) in [5.74, 6) is 2.20. The SMILES string of the molecule is CO.COC1=CC=C2CCC3C(CC[C@@]4(C)C3CC[C@@H]4C(=O)O)C2=CC1. The molecule has 5 atom stereocenters. The quantitative estimate of drug-likeness (QED) is 0.770. The molecule has 0 radical (unpaired) electrons. The van der Waals surface area contributed by atoms with Gasteiger partial charge >= 0.3 is 5.97 Å². The summed E-state index contributed by atoms with van der Waals surface area (Å²) in [6.07, 6.45) is 14.2. The van der Waals surface area contributed by atoms with Crippen LogP contribution in [0.25, 0.3) is 0 Å². The van der Waals surface area contributed by atoms with Gasteiger partial charge in [0.05, 0.1) is 18.8 Å². The lowest BCUT2D eigenvalue weighted by atomic mass is 9.53. The lowest BCUT2D eigenvalue weighted by Gasteiger charge is -2.51. The predicted molar refractivity (Wildman–Crippen MR) is 101 cm³/mol. The Morgan fingerprint density at radius 1 is 1.19 bits per heavy atom. The zero-order valence-electron chi connectivity index (χ0n) is 16.2. The maximum Gasteiger partial charge on any atom is 0.307 e. The van der Waals surface area contributed by atoms with Crippen molar-refractivity contribution >= 4 is 5.97 Å². The molecular formula is C22H32O4. The summed E-state index contributed by atoms with van der Waals surface area (Å²) in [5, 5.41) is 16.7. The number of rotatable bonds is 2. The second kappa shape index (κ2) is 7.59. The molecule has 4 nitrogen and oxygen atoms in total. The van der Waals surface area contributed by atoms with Crippen LogP contribution < -0.4 is 0 Å². The molecule has 3 fully saturated rings.